The predicted molar refractivity (Wildman–Crippen MR) is 106 cm³/mol. The number of nitrogens with zero attached hydrogens (tertiary/aromatic N) is 4. The van der Waals surface area contributed by atoms with Gasteiger partial charge in [-0.3, -0.25) is 9.89 Å². The molecule has 25 heavy (non-hydrogen) atoms. The van der Waals surface area contributed by atoms with E-state index in [9.17, 15) is 0 Å². The highest BCUT2D eigenvalue weighted by molar-refractivity contribution is 7.09. The fourth-order valence-corrected chi connectivity index (χ4v) is 4.44. The maximum absolute atomic E-state index is 6.21. The third-order valence-electron chi connectivity index (χ3n) is 5.61. The van der Waals surface area contributed by atoms with E-state index >= 15 is 0 Å². The van der Waals surface area contributed by atoms with Crippen molar-refractivity contribution in [2.45, 2.75) is 52.5 Å². The van der Waals surface area contributed by atoms with Crippen LogP contribution < -0.4 is 5.73 Å². The van der Waals surface area contributed by atoms with Crippen LogP contribution in [0.3, 0.4) is 0 Å². The first-order chi connectivity index (χ1) is 12.1. The van der Waals surface area contributed by atoms with E-state index in [4.69, 9.17) is 15.7 Å². The molecular weight excluding hydrogens is 330 g/mol. The lowest BCUT2D eigenvalue weighted by Gasteiger charge is -2.32. The van der Waals surface area contributed by atoms with Gasteiger partial charge in [-0.1, -0.05) is 13.8 Å². The highest BCUT2D eigenvalue weighted by Gasteiger charge is 2.21. The van der Waals surface area contributed by atoms with Gasteiger partial charge in [0.15, 0.2) is 5.96 Å². The molecule has 1 aromatic rings. The van der Waals surface area contributed by atoms with E-state index in [2.05, 4.69) is 29.0 Å². The van der Waals surface area contributed by atoms with Crippen LogP contribution in [0.2, 0.25) is 0 Å². The molecule has 1 aromatic heterocycles. The normalized spacial score (nSPS) is 21.8. The minimum Gasteiger partial charge on any atom is -0.370 e. The minimum absolute atomic E-state index is 0.681. The molecule has 0 spiro atoms. The SMILES string of the molecule is CCc1nc(CN2CCC(CN=C(N)N3CCC(C)CC3)CC2)cs1. The molecule has 0 radical (unpaired) electrons. The molecule has 2 fully saturated rings. The van der Waals surface area contributed by atoms with E-state index in [1.54, 1.807) is 11.3 Å². The summed E-state index contributed by atoms with van der Waals surface area (Å²) in [6.07, 6.45) is 5.97. The number of hydrogen-bond acceptors (Lipinski definition) is 4. The molecule has 0 saturated carbocycles. The number of hydrogen-bond donors (Lipinski definition) is 1. The molecule has 140 valence electrons. The van der Waals surface area contributed by atoms with Gasteiger partial charge in [0.25, 0.3) is 0 Å². The molecule has 2 aliphatic heterocycles. The molecule has 0 amide bonds. The zero-order valence-electron chi connectivity index (χ0n) is 15.8. The van der Waals surface area contributed by atoms with Gasteiger partial charge in [0, 0.05) is 31.6 Å². The molecule has 0 atom stereocenters. The summed E-state index contributed by atoms with van der Waals surface area (Å²) in [5.74, 6) is 2.28. The molecule has 6 heteroatoms. The van der Waals surface area contributed by atoms with Crippen molar-refractivity contribution >= 4 is 17.3 Å². The maximum Gasteiger partial charge on any atom is 0.191 e. The summed E-state index contributed by atoms with van der Waals surface area (Å²) in [6.45, 7) is 10.8. The number of piperidine rings is 2. The Hall–Kier alpha value is -1.14. The summed E-state index contributed by atoms with van der Waals surface area (Å²) in [4.78, 5) is 14.2. The summed E-state index contributed by atoms with van der Waals surface area (Å²) in [7, 11) is 0. The van der Waals surface area contributed by atoms with Gasteiger partial charge in [0.2, 0.25) is 0 Å². The van der Waals surface area contributed by atoms with Crippen molar-refractivity contribution in [3.63, 3.8) is 0 Å². The Balaban J connectivity index is 1.39. The van der Waals surface area contributed by atoms with Crippen LogP contribution in [0.25, 0.3) is 0 Å². The van der Waals surface area contributed by atoms with Gasteiger partial charge < -0.3 is 10.6 Å². The van der Waals surface area contributed by atoms with Crippen LogP contribution in [0.1, 0.15) is 50.2 Å². The number of nitrogens with two attached hydrogens (primary N) is 1. The third kappa shape index (κ3) is 5.42. The van der Waals surface area contributed by atoms with Gasteiger partial charge >= 0.3 is 0 Å². The van der Waals surface area contributed by atoms with Gasteiger partial charge in [-0.15, -0.1) is 11.3 Å². The van der Waals surface area contributed by atoms with Crippen molar-refractivity contribution in [1.82, 2.24) is 14.8 Å². The molecule has 0 aliphatic carbocycles. The predicted octanol–water partition coefficient (Wildman–Crippen LogP) is 2.96. The van der Waals surface area contributed by atoms with Crippen LogP contribution in [-0.2, 0) is 13.0 Å². The van der Waals surface area contributed by atoms with Crippen molar-refractivity contribution in [2.24, 2.45) is 22.6 Å². The molecule has 3 heterocycles. The molecule has 2 N–H and O–H groups in total. The average molecular weight is 364 g/mol. The van der Waals surface area contributed by atoms with Crippen molar-refractivity contribution in [1.29, 1.82) is 0 Å². The second kappa shape index (κ2) is 8.99. The van der Waals surface area contributed by atoms with Gasteiger partial charge in [0.05, 0.1) is 10.7 Å². The molecule has 0 aromatic carbocycles. The minimum atomic E-state index is 0.681. The highest BCUT2D eigenvalue weighted by Crippen LogP contribution is 2.21. The summed E-state index contributed by atoms with van der Waals surface area (Å²) >= 11 is 1.79. The van der Waals surface area contributed by atoms with Crippen LogP contribution in [0, 0.1) is 11.8 Å². The Bertz CT molecular complexity index is 554. The second-order valence-electron chi connectivity index (χ2n) is 7.67. The summed E-state index contributed by atoms with van der Waals surface area (Å²) in [5, 5.41) is 3.47. The molecule has 0 bridgehead atoms. The molecule has 5 nitrogen and oxygen atoms in total. The van der Waals surface area contributed by atoms with Crippen LogP contribution in [0.4, 0.5) is 0 Å². The van der Waals surface area contributed by atoms with E-state index in [1.165, 1.54) is 36.4 Å². The third-order valence-corrected chi connectivity index (χ3v) is 6.66. The lowest BCUT2D eigenvalue weighted by Crippen LogP contribution is -2.43. The zero-order valence-corrected chi connectivity index (χ0v) is 16.6. The van der Waals surface area contributed by atoms with Gasteiger partial charge in [-0.25, -0.2) is 4.98 Å². The number of guanidine groups is 1. The van der Waals surface area contributed by atoms with E-state index in [0.717, 1.165) is 57.6 Å². The Morgan fingerprint density at radius 2 is 1.96 bits per heavy atom. The topological polar surface area (TPSA) is 57.8 Å². The Labute approximate surface area is 156 Å². The highest BCUT2D eigenvalue weighted by atomic mass is 32.1. The quantitative estimate of drug-likeness (QED) is 0.645. The second-order valence-corrected chi connectivity index (χ2v) is 8.62. The average Bonchev–Trinajstić information content (AvgIpc) is 3.09. The maximum atomic E-state index is 6.21. The lowest BCUT2D eigenvalue weighted by atomic mass is 9.97. The Kier molecular flexibility index (Phi) is 6.70. The molecule has 2 saturated heterocycles. The van der Waals surface area contributed by atoms with E-state index < -0.39 is 0 Å². The number of aliphatic imine (C=N–C) groups is 1. The molecule has 3 rings (SSSR count). The van der Waals surface area contributed by atoms with Crippen molar-refractivity contribution in [3.8, 4) is 0 Å². The first kappa shape index (κ1) is 18.6. The standard InChI is InChI=1S/C19H33N5S/c1-3-18-22-17(14-25-18)13-23-8-6-16(7-9-23)12-21-19(20)24-10-4-15(2)5-11-24/h14-16H,3-13H2,1-2H3,(H2,20,21). The van der Waals surface area contributed by atoms with Crippen LogP contribution in [-0.4, -0.2) is 53.5 Å². The Morgan fingerprint density at radius 3 is 2.60 bits per heavy atom. The fraction of sp³-hybridized carbons (Fsp3) is 0.789. The monoisotopic (exact) mass is 363 g/mol. The van der Waals surface area contributed by atoms with Crippen molar-refractivity contribution in [2.75, 3.05) is 32.7 Å². The van der Waals surface area contributed by atoms with Crippen molar-refractivity contribution in [3.05, 3.63) is 16.1 Å². The lowest BCUT2D eigenvalue weighted by molar-refractivity contribution is 0.178. The molecule has 2 aliphatic rings. The van der Waals surface area contributed by atoms with E-state index in [1.807, 2.05) is 0 Å². The van der Waals surface area contributed by atoms with E-state index in [0.29, 0.717) is 5.92 Å². The van der Waals surface area contributed by atoms with Crippen molar-refractivity contribution < 1.29 is 0 Å². The fourth-order valence-electron chi connectivity index (χ4n) is 3.70. The molecular formula is C19H33N5S. The first-order valence-corrected chi connectivity index (χ1v) is 10.7. The number of aryl methyl sites for hydroxylation is 1. The van der Waals surface area contributed by atoms with Crippen LogP contribution in [0.15, 0.2) is 10.4 Å². The van der Waals surface area contributed by atoms with E-state index in [-0.39, 0.29) is 0 Å². The smallest absolute Gasteiger partial charge is 0.191 e. The molecule has 0 unspecified atom stereocenters. The first-order valence-electron chi connectivity index (χ1n) is 9.84. The Morgan fingerprint density at radius 1 is 1.24 bits per heavy atom. The van der Waals surface area contributed by atoms with Gasteiger partial charge in [-0.2, -0.15) is 0 Å². The van der Waals surface area contributed by atoms with Gasteiger partial charge in [0.1, 0.15) is 0 Å². The number of rotatable bonds is 5. The van der Waals surface area contributed by atoms with Gasteiger partial charge in [-0.05, 0) is 57.0 Å². The summed E-state index contributed by atoms with van der Waals surface area (Å²) < 4.78 is 0. The number of aromatic nitrogens is 1. The largest absolute Gasteiger partial charge is 0.370 e. The van der Waals surface area contributed by atoms with Crippen LogP contribution in [0.5, 0.6) is 0 Å². The summed E-state index contributed by atoms with van der Waals surface area (Å²) in [5.41, 5.74) is 7.45. The number of thiazole rings is 1. The van der Waals surface area contributed by atoms with Crippen LogP contribution >= 0.6 is 11.3 Å². The summed E-state index contributed by atoms with van der Waals surface area (Å²) in [6, 6.07) is 0. The zero-order chi connectivity index (χ0) is 17.6. The number of likely N-dealkylation sites (tertiary alicyclic amines) is 2.